The molecule has 0 fully saturated rings. The number of fused-ring (bicyclic) bond motifs is 1. The van der Waals surface area contributed by atoms with E-state index in [1.807, 2.05) is 0 Å². The van der Waals surface area contributed by atoms with E-state index in [1.54, 1.807) is 0 Å². The zero-order valence-corrected chi connectivity index (χ0v) is 23.5. The summed E-state index contributed by atoms with van der Waals surface area (Å²) in [5, 5.41) is 11.9. The summed E-state index contributed by atoms with van der Waals surface area (Å²) in [5.41, 5.74) is -3.09. The molecule has 0 spiro atoms. The number of ether oxygens (including phenoxy) is 1. The summed E-state index contributed by atoms with van der Waals surface area (Å²) in [7, 11) is 0. The first kappa shape index (κ1) is 29.3. The summed E-state index contributed by atoms with van der Waals surface area (Å²) in [5.74, 6) is -1.09. The van der Waals surface area contributed by atoms with E-state index in [-0.39, 0.29) is 49.3 Å². The molecule has 9 nitrogen and oxygen atoms in total. The van der Waals surface area contributed by atoms with Gasteiger partial charge in [-0.1, -0.05) is 46.7 Å². The molecule has 0 radical (unpaired) electrons. The zero-order valence-electron chi connectivity index (χ0n) is 21.1. The highest BCUT2D eigenvalue weighted by atomic mass is 35.5. The molecule has 1 aliphatic heterocycles. The quantitative estimate of drug-likeness (QED) is 0.149. The molecule has 42 heavy (non-hydrogen) atoms. The van der Waals surface area contributed by atoms with Gasteiger partial charge in [-0.25, -0.2) is 9.79 Å². The van der Waals surface area contributed by atoms with Crippen LogP contribution in [-0.2, 0) is 9.53 Å². The highest BCUT2D eigenvalue weighted by molar-refractivity contribution is 7.07. The number of thiazole rings is 1. The Labute approximate surface area is 247 Å². The monoisotopic (exact) mass is 637 g/mol. The lowest BCUT2D eigenvalue weighted by atomic mass is 9.95. The van der Waals surface area contributed by atoms with Gasteiger partial charge in [0.25, 0.3) is 11.2 Å². The van der Waals surface area contributed by atoms with Gasteiger partial charge in [-0.15, -0.1) is 0 Å². The van der Waals surface area contributed by atoms with Crippen LogP contribution in [0.15, 0.2) is 80.1 Å². The van der Waals surface area contributed by atoms with Gasteiger partial charge in [0.1, 0.15) is 11.5 Å². The molecule has 0 aliphatic carbocycles. The van der Waals surface area contributed by atoms with Gasteiger partial charge in [-0.2, -0.15) is 13.2 Å². The average molecular weight is 638 g/mol. The van der Waals surface area contributed by atoms with Gasteiger partial charge >= 0.3 is 12.1 Å². The number of furan rings is 1. The molecule has 0 bridgehead atoms. The number of benzene rings is 2. The van der Waals surface area contributed by atoms with Crippen LogP contribution in [0.4, 0.5) is 18.9 Å². The molecule has 0 saturated heterocycles. The third-order valence-electron chi connectivity index (χ3n) is 6.10. The van der Waals surface area contributed by atoms with Crippen LogP contribution in [0.5, 0.6) is 0 Å². The van der Waals surface area contributed by atoms with Crippen LogP contribution in [0.25, 0.3) is 17.4 Å². The first-order valence-electron chi connectivity index (χ1n) is 12.0. The molecule has 216 valence electrons. The molecule has 2 aromatic carbocycles. The second-order valence-electron chi connectivity index (χ2n) is 8.74. The van der Waals surface area contributed by atoms with Crippen LogP contribution >= 0.6 is 34.5 Å². The van der Waals surface area contributed by atoms with Crippen LogP contribution in [0, 0.1) is 10.1 Å². The standard InChI is InChI=1S/C27H16Cl2F3N3O6S/c1-2-40-25(37)21-22(13-3-5-14(28)6-4-13)34-24(36)20(42-26(34)33-23(21)27(30,31)32)12-16-8-10-19(41-16)17-9-7-15(29)11-18(17)35(38)39/h3-12,22H,2H2,1H3/b20-12-/t22-/m0/s1. The zero-order chi connectivity index (χ0) is 30.3. The van der Waals surface area contributed by atoms with Crippen molar-refractivity contribution in [2.24, 2.45) is 4.99 Å². The molecular formula is C27H16Cl2F3N3O6S. The molecule has 0 N–H and O–H groups in total. The van der Waals surface area contributed by atoms with Gasteiger partial charge in [0.15, 0.2) is 10.5 Å². The first-order chi connectivity index (χ1) is 19.9. The third kappa shape index (κ3) is 5.50. The molecule has 1 aliphatic rings. The maximum Gasteiger partial charge on any atom is 0.434 e. The van der Waals surface area contributed by atoms with E-state index in [0.29, 0.717) is 16.4 Å². The maximum atomic E-state index is 14.2. The number of hydrogen-bond donors (Lipinski definition) is 0. The number of hydrogen-bond acceptors (Lipinski definition) is 8. The number of allylic oxidation sites excluding steroid dienone is 1. The fourth-order valence-electron chi connectivity index (χ4n) is 4.37. The van der Waals surface area contributed by atoms with Gasteiger partial charge in [0.05, 0.1) is 33.2 Å². The second-order valence-corrected chi connectivity index (χ2v) is 10.6. The van der Waals surface area contributed by atoms with E-state index < -0.39 is 39.9 Å². The number of nitro groups is 1. The summed E-state index contributed by atoms with van der Waals surface area (Å²) < 4.78 is 54.3. The highest BCUT2D eigenvalue weighted by Gasteiger charge is 2.45. The van der Waals surface area contributed by atoms with Crippen molar-refractivity contribution >= 4 is 52.3 Å². The van der Waals surface area contributed by atoms with Crippen LogP contribution in [0.3, 0.4) is 0 Å². The van der Waals surface area contributed by atoms with Gasteiger partial charge < -0.3 is 9.15 Å². The Kier molecular flexibility index (Phi) is 7.84. The summed E-state index contributed by atoms with van der Waals surface area (Å²) in [6.45, 7) is 1.23. The molecular weight excluding hydrogens is 622 g/mol. The molecule has 4 aromatic rings. The van der Waals surface area contributed by atoms with E-state index in [0.717, 1.165) is 10.6 Å². The Balaban J connectivity index is 1.70. The van der Waals surface area contributed by atoms with E-state index in [9.17, 15) is 32.9 Å². The maximum absolute atomic E-state index is 14.2. The average Bonchev–Trinajstić information content (AvgIpc) is 3.52. The second kappa shape index (κ2) is 11.2. The van der Waals surface area contributed by atoms with Crippen molar-refractivity contribution in [2.75, 3.05) is 6.61 Å². The fraction of sp³-hybridized carbons (Fsp3) is 0.148. The minimum absolute atomic E-state index is 0.0640. The Morgan fingerprint density at radius 1 is 1.17 bits per heavy atom. The number of halogens is 5. The number of rotatable bonds is 6. The summed E-state index contributed by atoms with van der Waals surface area (Å²) in [4.78, 5) is 40.8. The molecule has 0 unspecified atom stereocenters. The lowest BCUT2D eigenvalue weighted by Gasteiger charge is -2.26. The molecule has 5 rings (SSSR count). The molecule has 3 heterocycles. The topological polar surface area (TPSA) is 117 Å². The Morgan fingerprint density at radius 3 is 2.50 bits per heavy atom. The predicted molar refractivity (Wildman–Crippen MR) is 148 cm³/mol. The first-order valence-corrected chi connectivity index (χ1v) is 13.6. The Hall–Kier alpha value is -4.20. The minimum atomic E-state index is -5.05. The van der Waals surface area contributed by atoms with E-state index in [4.69, 9.17) is 32.4 Å². The smallest absolute Gasteiger partial charge is 0.434 e. The largest absolute Gasteiger partial charge is 0.463 e. The van der Waals surface area contributed by atoms with Crippen molar-refractivity contribution in [2.45, 2.75) is 19.1 Å². The van der Waals surface area contributed by atoms with E-state index in [1.165, 1.54) is 61.5 Å². The van der Waals surface area contributed by atoms with Crippen molar-refractivity contribution in [3.8, 4) is 11.3 Å². The SMILES string of the molecule is CCOC(=O)C1=C(C(F)(F)F)N=c2s/c(=C\c3ccc(-c4ccc(Cl)cc4[N+](=O)[O-])o3)c(=O)n2[C@H]1c1ccc(Cl)cc1. The number of nitro benzene ring substituents is 1. The van der Waals surface area contributed by atoms with Crippen molar-refractivity contribution in [1.82, 2.24) is 4.57 Å². The normalized spacial score (nSPS) is 15.4. The fourth-order valence-corrected chi connectivity index (χ4v) is 5.64. The molecule has 0 saturated carbocycles. The van der Waals surface area contributed by atoms with E-state index >= 15 is 0 Å². The molecule has 2 aromatic heterocycles. The van der Waals surface area contributed by atoms with E-state index in [2.05, 4.69) is 4.99 Å². The van der Waals surface area contributed by atoms with Gasteiger partial charge in [0.2, 0.25) is 0 Å². The third-order valence-corrected chi connectivity index (χ3v) is 7.57. The summed E-state index contributed by atoms with van der Waals surface area (Å²) >= 11 is 12.5. The molecule has 15 heteroatoms. The summed E-state index contributed by atoms with van der Waals surface area (Å²) in [6, 6.07) is 11.0. The Morgan fingerprint density at radius 2 is 1.86 bits per heavy atom. The van der Waals surface area contributed by atoms with Gasteiger partial charge in [-0.3, -0.25) is 19.5 Å². The van der Waals surface area contributed by atoms with Crippen molar-refractivity contribution in [3.63, 3.8) is 0 Å². The van der Waals surface area contributed by atoms with Crippen LogP contribution < -0.4 is 14.9 Å². The number of carbonyl (C=O) groups is 1. The number of nitrogens with zero attached hydrogens (tertiary/aromatic N) is 3. The van der Waals surface area contributed by atoms with Crippen LogP contribution in [-0.4, -0.2) is 28.2 Å². The highest BCUT2D eigenvalue weighted by Crippen LogP contribution is 2.38. The lowest BCUT2D eigenvalue weighted by Crippen LogP contribution is -2.41. The van der Waals surface area contributed by atoms with Crippen molar-refractivity contribution in [1.29, 1.82) is 0 Å². The Bertz CT molecular complexity index is 1940. The van der Waals surface area contributed by atoms with Crippen LogP contribution in [0.1, 0.15) is 24.3 Å². The predicted octanol–water partition coefficient (Wildman–Crippen LogP) is 5.82. The summed E-state index contributed by atoms with van der Waals surface area (Å²) in [6.07, 6.45) is -3.78. The van der Waals surface area contributed by atoms with Crippen molar-refractivity contribution < 1.29 is 32.0 Å². The number of carbonyl (C=O) groups excluding carboxylic acids is 1. The molecule has 1 atom stereocenters. The number of alkyl halides is 3. The minimum Gasteiger partial charge on any atom is -0.463 e. The molecule has 0 amide bonds. The van der Waals surface area contributed by atoms with Crippen LogP contribution in [0.2, 0.25) is 10.0 Å². The number of aromatic nitrogens is 1. The van der Waals surface area contributed by atoms with Crippen molar-refractivity contribution in [3.05, 3.63) is 117 Å². The lowest BCUT2D eigenvalue weighted by molar-refractivity contribution is -0.384. The van der Waals surface area contributed by atoms with Gasteiger partial charge in [-0.05, 0) is 48.9 Å². The van der Waals surface area contributed by atoms with Gasteiger partial charge in [0, 0.05) is 22.2 Å². The number of esters is 1.